The van der Waals surface area contributed by atoms with Gasteiger partial charge in [0.1, 0.15) is 75.9 Å². The first-order valence-electron chi connectivity index (χ1n) is 28.5. The van der Waals surface area contributed by atoms with Gasteiger partial charge in [0, 0.05) is 0 Å². The van der Waals surface area contributed by atoms with Gasteiger partial charge in [-0.05, 0) is 33.4 Å². The smallest absolute Gasteiger partial charge is 0.329 e. The van der Waals surface area contributed by atoms with Gasteiger partial charge in [-0.1, -0.05) is 182 Å². The minimum Gasteiger partial charge on any atom is -0.459 e. The second-order valence-corrected chi connectivity index (χ2v) is 20.5. The molecule has 24 heteroatoms. The number of esters is 6. The summed E-state index contributed by atoms with van der Waals surface area (Å²) in [6, 6.07) is 38.4. The molecule has 0 aromatic heterocycles. The quantitative estimate of drug-likeness (QED) is 0.0528. The summed E-state index contributed by atoms with van der Waals surface area (Å²) in [6.07, 6.45) is -5.95. The monoisotopic (exact) mass is 1230 g/mol. The average molecular weight is 1230 g/mol. The number of hydrogen-bond acceptors (Lipinski definition) is 18. The Morgan fingerprint density at radius 1 is 0.233 bits per heavy atom. The van der Waals surface area contributed by atoms with E-state index in [1.807, 2.05) is 0 Å². The Labute approximate surface area is 517 Å². The number of benzene rings is 6. The molecule has 6 N–H and O–H groups in total. The SMILES string of the molecule is O=C1C[C@@H](C(=O)OCc2ccccc2)NC(=O)C[C@@H](C(=O)OCc2ccccc2)NC(=O)C[C@@H](C(=O)OCc2ccccc2)NC(=O)C[C@@H](C(=O)OCc2ccccc2)NC(=O)C[C@@H](C(=O)OCc2ccccc2)NC(=O)C[C@@H](C(=O)OCc2ccccc2)N1. The zero-order valence-electron chi connectivity index (χ0n) is 48.6. The molecule has 1 saturated heterocycles. The van der Waals surface area contributed by atoms with E-state index in [2.05, 4.69) is 31.9 Å². The molecule has 1 heterocycles. The molecule has 1 aliphatic heterocycles. The first-order valence-corrected chi connectivity index (χ1v) is 28.5. The molecule has 0 bridgehead atoms. The molecule has 1 aliphatic rings. The van der Waals surface area contributed by atoms with Crippen LogP contribution in [0.5, 0.6) is 0 Å². The van der Waals surface area contributed by atoms with Gasteiger partial charge in [0.05, 0.1) is 38.5 Å². The Morgan fingerprint density at radius 3 is 0.478 bits per heavy atom. The fourth-order valence-electron chi connectivity index (χ4n) is 8.77. The third-order valence-electron chi connectivity index (χ3n) is 13.4. The molecule has 0 unspecified atom stereocenters. The second kappa shape index (κ2) is 34.9. The standard InChI is InChI=1S/C66H66N6O18/c73-55-31-49(61(79)85-37-43-19-7-1-8-20-43)67-56(74)32-50(62(80)86-38-44-21-9-2-10-22-44)69-58(76)34-52(64(82)88-40-46-25-13-4-14-26-46)71-60(78)36-54(66(84)90-42-48-29-17-6-18-30-48)72-59(77)35-53(65(83)89-41-47-27-15-5-16-28-47)70-57(75)33-51(68-55)63(81)87-39-45-23-11-3-12-24-45/h1-30,49-54H,31-42H2,(H,67,74)(H,68,73)(H,69,76)(H,70,75)(H,71,78)(H,72,77)/t49-,50-,51-,52-,53-,54-/m0/s1. The molecule has 1 fully saturated rings. The summed E-state index contributed by atoms with van der Waals surface area (Å²) in [7, 11) is 0. The topological polar surface area (TPSA) is 332 Å². The van der Waals surface area contributed by atoms with Crippen LogP contribution in [0.1, 0.15) is 71.9 Å². The maximum Gasteiger partial charge on any atom is 0.329 e. The normalized spacial score (nSPS) is 18.9. The van der Waals surface area contributed by atoms with Crippen LogP contribution in [0.4, 0.5) is 0 Å². The van der Waals surface area contributed by atoms with Crippen LogP contribution in [-0.2, 0) is 126 Å². The Morgan fingerprint density at radius 2 is 0.356 bits per heavy atom. The lowest BCUT2D eigenvalue weighted by molar-refractivity contribution is -0.153. The van der Waals surface area contributed by atoms with E-state index in [4.69, 9.17) is 28.4 Å². The van der Waals surface area contributed by atoms with Crippen molar-refractivity contribution in [2.45, 2.75) is 114 Å². The summed E-state index contributed by atoms with van der Waals surface area (Å²) in [5.41, 5.74) is 3.01. The van der Waals surface area contributed by atoms with Crippen LogP contribution in [-0.4, -0.2) is 108 Å². The lowest BCUT2D eigenvalue weighted by atomic mass is 10.1. The van der Waals surface area contributed by atoms with Crippen molar-refractivity contribution in [2.75, 3.05) is 0 Å². The van der Waals surface area contributed by atoms with Crippen molar-refractivity contribution in [3.63, 3.8) is 0 Å². The van der Waals surface area contributed by atoms with Crippen LogP contribution in [0, 0.1) is 0 Å². The average Bonchev–Trinajstić information content (AvgIpc) is 3.59. The molecule has 6 aromatic rings. The molecule has 7 rings (SSSR count). The molecule has 6 amide bonds. The molecular formula is C66H66N6O18. The van der Waals surface area contributed by atoms with Crippen molar-refractivity contribution in [1.82, 2.24) is 31.9 Å². The predicted molar refractivity (Wildman–Crippen MR) is 317 cm³/mol. The third kappa shape index (κ3) is 23.0. The molecule has 0 spiro atoms. The molecule has 0 saturated carbocycles. The van der Waals surface area contributed by atoms with Gasteiger partial charge in [-0.25, -0.2) is 28.8 Å². The fourth-order valence-corrected chi connectivity index (χ4v) is 8.77. The van der Waals surface area contributed by atoms with Gasteiger partial charge in [0.25, 0.3) is 0 Å². The number of carbonyl (C=O) groups excluding carboxylic acids is 12. The van der Waals surface area contributed by atoms with E-state index in [1.54, 1.807) is 182 Å². The molecule has 468 valence electrons. The van der Waals surface area contributed by atoms with E-state index in [1.165, 1.54) is 0 Å². The molecular weight excluding hydrogens is 1160 g/mol. The van der Waals surface area contributed by atoms with E-state index in [-0.39, 0.29) is 39.6 Å². The molecule has 90 heavy (non-hydrogen) atoms. The van der Waals surface area contributed by atoms with Crippen molar-refractivity contribution in [3.05, 3.63) is 215 Å². The van der Waals surface area contributed by atoms with Crippen molar-refractivity contribution < 1.29 is 86.0 Å². The van der Waals surface area contributed by atoms with Gasteiger partial charge in [-0.3, -0.25) is 28.8 Å². The number of carbonyl (C=O) groups is 12. The van der Waals surface area contributed by atoms with Gasteiger partial charge < -0.3 is 60.3 Å². The predicted octanol–water partition coefficient (Wildman–Crippen LogP) is 3.71. The lowest BCUT2D eigenvalue weighted by Crippen LogP contribution is -2.53. The first-order chi connectivity index (χ1) is 43.5. The van der Waals surface area contributed by atoms with E-state index in [0.29, 0.717) is 33.4 Å². The summed E-state index contributed by atoms with van der Waals surface area (Å²) in [5, 5.41) is 14.2. The lowest BCUT2D eigenvalue weighted by Gasteiger charge is -2.24. The molecule has 0 aliphatic carbocycles. The van der Waals surface area contributed by atoms with Gasteiger partial charge >= 0.3 is 35.8 Å². The minimum absolute atomic E-state index is 0.357. The maximum absolute atomic E-state index is 14.2. The van der Waals surface area contributed by atoms with Crippen molar-refractivity contribution in [1.29, 1.82) is 0 Å². The fraction of sp³-hybridized carbons (Fsp3) is 0.273. The zero-order chi connectivity index (χ0) is 64.0. The summed E-state index contributed by atoms with van der Waals surface area (Å²) in [6.45, 7) is -2.14. The Bertz CT molecular complexity index is 2790. The van der Waals surface area contributed by atoms with E-state index < -0.39 is 146 Å². The van der Waals surface area contributed by atoms with Crippen LogP contribution in [0.15, 0.2) is 182 Å². The van der Waals surface area contributed by atoms with E-state index in [0.717, 1.165) is 0 Å². The second-order valence-electron chi connectivity index (χ2n) is 20.5. The first kappa shape index (κ1) is 66.5. The molecule has 6 atom stereocenters. The maximum atomic E-state index is 14.2. The Kier molecular flexibility index (Phi) is 25.8. The van der Waals surface area contributed by atoms with Crippen molar-refractivity contribution in [2.24, 2.45) is 0 Å². The van der Waals surface area contributed by atoms with Gasteiger partial charge in [0.2, 0.25) is 35.4 Å². The highest BCUT2D eigenvalue weighted by Gasteiger charge is 2.37. The molecule has 6 aromatic carbocycles. The highest BCUT2D eigenvalue weighted by atomic mass is 16.6. The molecule has 24 nitrogen and oxygen atoms in total. The van der Waals surface area contributed by atoms with E-state index in [9.17, 15) is 57.5 Å². The summed E-state index contributed by atoms with van der Waals surface area (Å²) < 4.78 is 33.2. The number of rotatable bonds is 18. The van der Waals surface area contributed by atoms with Crippen LogP contribution in [0.2, 0.25) is 0 Å². The molecule has 0 radical (unpaired) electrons. The number of ether oxygens (including phenoxy) is 6. The van der Waals surface area contributed by atoms with Crippen molar-refractivity contribution >= 4 is 71.3 Å². The number of amides is 6. The Balaban J connectivity index is 1.24. The zero-order valence-corrected chi connectivity index (χ0v) is 48.6. The van der Waals surface area contributed by atoms with Crippen molar-refractivity contribution in [3.8, 4) is 0 Å². The van der Waals surface area contributed by atoms with Crippen LogP contribution < -0.4 is 31.9 Å². The largest absolute Gasteiger partial charge is 0.459 e. The summed E-state index contributed by atoms with van der Waals surface area (Å²) in [4.78, 5) is 169. The van der Waals surface area contributed by atoms with Crippen LogP contribution in [0.25, 0.3) is 0 Å². The highest BCUT2D eigenvalue weighted by Crippen LogP contribution is 2.14. The third-order valence-corrected chi connectivity index (χ3v) is 13.4. The number of nitrogens with one attached hydrogen (secondary N) is 6. The Hall–Kier alpha value is -11.0. The summed E-state index contributed by atoms with van der Waals surface area (Å²) in [5.74, 6) is -14.0. The van der Waals surface area contributed by atoms with Crippen LogP contribution >= 0.6 is 0 Å². The van der Waals surface area contributed by atoms with Gasteiger partial charge in [-0.15, -0.1) is 0 Å². The number of hydrogen-bond donors (Lipinski definition) is 6. The van der Waals surface area contributed by atoms with Gasteiger partial charge in [-0.2, -0.15) is 0 Å². The van der Waals surface area contributed by atoms with Crippen LogP contribution in [0.3, 0.4) is 0 Å². The summed E-state index contributed by atoms with van der Waals surface area (Å²) >= 11 is 0. The minimum atomic E-state index is -1.90. The van der Waals surface area contributed by atoms with Gasteiger partial charge in [0.15, 0.2) is 0 Å². The highest BCUT2D eigenvalue weighted by molar-refractivity contribution is 5.97. The van der Waals surface area contributed by atoms with E-state index >= 15 is 0 Å².